The number of nitrogens with zero attached hydrogens (tertiary/aromatic N) is 3. The van der Waals surface area contributed by atoms with Crippen molar-refractivity contribution >= 4 is 28.0 Å². The van der Waals surface area contributed by atoms with E-state index in [0.29, 0.717) is 0 Å². The molecule has 0 saturated carbocycles. The first-order chi connectivity index (χ1) is 12.9. The Kier molecular flexibility index (Phi) is 6.38. The first kappa shape index (κ1) is 22.1. The third-order valence-corrected chi connectivity index (χ3v) is 4.60. The summed E-state index contributed by atoms with van der Waals surface area (Å²) >= 11 is 3.18. The molecule has 0 unspecified atom stereocenters. The number of rotatable bonds is 3. The normalized spacial score (nSPS) is 19.1. The molecule has 0 bridgehead atoms. The Morgan fingerprint density at radius 2 is 2.07 bits per heavy atom. The van der Waals surface area contributed by atoms with Crippen LogP contribution in [0, 0.1) is 11.3 Å². The Labute approximate surface area is 170 Å². The van der Waals surface area contributed by atoms with Crippen LogP contribution in [0.25, 0.3) is 0 Å². The summed E-state index contributed by atoms with van der Waals surface area (Å²) in [5.41, 5.74) is -0.959. The van der Waals surface area contributed by atoms with E-state index in [1.54, 1.807) is 27.7 Å². The second kappa shape index (κ2) is 8.07. The van der Waals surface area contributed by atoms with Gasteiger partial charge in [-0.15, -0.1) is 0 Å². The first-order valence-electron chi connectivity index (χ1n) is 8.72. The van der Waals surface area contributed by atoms with Crippen molar-refractivity contribution < 1.29 is 27.8 Å². The molecule has 1 aliphatic heterocycles. The van der Waals surface area contributed by atoms with E-state index in [1.165, 1.54) is 10.8 Å². The average Bonchev–Trinajstić information content (AvgIpc) is 2.88. The lowest BCUT2D eigenvalue weighted by molar-refractivity contribution is -0.0840. The highest BCUT2D eigenvalue weighted by molar-refractivity contribution is 9.10. The molecule has 1 aromatic rings. The number of nitriles is 1. The maximum absolute atomic E-state index is 14.4. The summed E-state index contributed by atoms with van der Waals surface area (Å²) in [5.74, 6) is -3.97. The van der Waals surface area contributed by atoms with Gasteiger partial charge in [-0.25, -0.2) is 18.4 Å². The van der Waals surface area contributed by atoms with Crippen molar-refractivity contribution in [3.63, 3.8) is 0 Å². The molecule has 2 rings (SSSR count). The van der Waals surface area contributed by atoms with Gasteiger partial charge >= 0.3 is 12.1 Å². The Hall–Kier alpha value is -2.15. The lowest BCUT2D eigenvalue weighted by atomic mass is 10.0. The molecule has 0 aliphatic carbocycles. The smallest absolute Gasteiger partial charge is 0.410 e. The van der Waals surface area contributed by atoms with Crippen molar-refractivity contribution in [1.82, 2.24) is 9.47 Å². The maximum Gasteiger partial charge on any atom is 0.410 e. The van der Waals surface area contributed by atoms with Gasteiger partial charge in [0.2, 0.25) is 0 Å². The monoisotopic (exact) mass is 461 g/mol. The third kappa shape index (κ3) is 5.01. The van der Waals surface area contributed by atoms with Crippen molar-refractivity contribution in [3.05, 3.63) is 21.9 Å². The number of esters is 1. The highest BCUT2D eigenvalue weighted by Gasteiger charge is 2.45. The van der Waals surface area contributed by atoms with E-state index < -0.39 is 42.6 Å². The summed E-state index contributed by atoms with van der Waals surface area (Å²) in [6, 6.07) is 0.951. The standard InChI is InChI=1S/C18H22BrF2N3O4/c1-5-27-15(25)14-12(7-22)13(19)9-24(14)11-6-18(20,21)10-23(8-11)16(26)28-17(2,3)4/h9,11H,5-6,8,10H2,1-4H3/t11-/m1/s1. The fourth-order valence-corrected chi connectivity index (χ4v) is 3.52. The molecule has 1 aromatic heterocycles. The summed E-state index contributed by atoms with van der Waals surface area (Å²) in [4.78, 5) is 25.6. The average molecular weight is 462 g/mol. The van der Waals surface area contributed by atoms with Gasteiger partial charge in [-0.1, -0.05) is 0 Å². The number of hydrogen-bond acceptors (Lipinski definition) is 5. The van der Waals surface area contributed by atoms with E-state index in [2.05, 4.69) is 15.9 Å². The largest absolute Gasteiger partial charge is 0.461 e. The van der Waals surface area contributed by atoms with Crippen molar-refractivity contribution in [1.29, 1.82) is 5.26 Å². The highest BCUT2D eigenvalue weighted by atomic mass is 79.9. The van der Waals surface area contributed by atoms with Crippen LogP contribution < -0.4 is 0 Å². The Morgan fingerprint density at radius 3 is 2.61 bits per heavy atom. The number of aromatic nitrogens is 1. The number of ether oxygens (including phenoxy) is 2. The van der Waals surface area contributed by atoms with Crippen LogP contribution in [0.3, 0.4) is 0 Å². The Bertz CT molecular complexity index is 811. The summed E-state index contributed by atoms with van der Waals surface area (Å²) in [5, 5.41) is 9.36. The minimum atomic E-state index is -3.19. The predicted octanol–water partition coefficient (Wildman–Crippen LogP) is 4.12. The molecule has 0 spiro atoms. The van der Waals surface area contributed by atoms with Crippen molar-refractivity contribution in [2.45, 2.75) is 51.7 Å². The summed E-state index contributed by atoms with van der Waals surface area (Å²) in [6.07, 6.45) is -0.0595. The lowest BCUT2D eigenvalue weighted by Crippen LogP contribution is -2.51. The van der Waals surface area contributed by atoms with Crippen molar-refractivity contribution in [2.75, 3.05) is 19.7 Å². The minimum absolute atomic E-state index is 0.00356. The van der Waals surface area contributed by atoms with Gasteiger partial charge in [0.1, 0.15) is 17.4 Å². The molecule has 2 heterocycles. The molecule has 0 radical (unpaired) electrons. The second-order valence-corrected chi connectivity index (χ2v) is 8.37. The van der Waals surface area contributed by atoms with Crippen LogP contribution in [-0.4, -0.2) is 52.7 Å². The van der Waals surface area contributed by atoms with Crippen LogP contribution >= 0.6 is 15.9 Å². The topological polar surface area (TPSA) is 84.6 Å². The van der Waals surface area contributed by atoms with Crippen LogP contribution in [0.2, 0.25) is 0 Å². The Balaban J connectivity index is 2.42. The molecular weight excluding hydrogens is 440 g/mol. The molecule has 28 heavy (non-hydrogen) atoms. The van der Waals surface area contributed by atoms with Crippen molar-refractivity contribution in [3.8, 4) is 6.07 Å². The van der Waals surface area contributed by atoms with Crippen LogP contribution in [0.1, 0.15) is 56.2 Å². The number of carbonyl (C=O) groups is 2. The molecule has 1 amide bonds. The molecule has 1 aliphatic rings. The summed E-state index contributed by atoms with van der Waals surface area (Å²) in [6.45, 7) is 5.73. The fourth-order valence-electron chi connectivity index (χ4n) is 3.02. The molecule has 1 saturated heterocycles. The van der Waals surface area contributed by atoms with Gasteiger partial charge in [-0.2, -0.15) is 5.26 Å². The van der Waals surface area contributed by atoms with Gasteiger partial charge in [-0.3, -0.25) is 0 Å². The summed E-state index contributed by atoms with van der Waals surface area (Å²) < 4.78 is 40.6. The molecule has 0 N–H and O–H groups in total. The predicted molar refractivity (Wildman–Crippen MR) is 99.2 cm³/mol. The first-order valence-corrected chi connectivity index (χ1v) is 9.51. The molecular formula is C18H22BrF2N3O4. The number of piperidine rings is 1. The zero-order valence-electron chi connectivity index (χ0n) is 16.1. The minimum Gasteiger partial charge on any atom is -0.461 e. The zero-order chi connectivity index (χ0) is 21.3. The zero-order valence-corrected chi connectivity index (χ0v) is 17.7. The van der Waals surface area contributed by atoms with Gasteiger partial charge in [0.05, 0.1) is 29.2 Å². The molecule has 1 fully saturated rings. The van der Waals surface area contributed by atoms with E-state index in [9.17, 15) is 23.6 Å². The maximum atomic E-state index is 14.4. The molecule has 7 nitrogen and oxygen atoms in total. The molecule has 0 aromatic carbocycles. The van der Waals surface area contributed by atoms with E-state index in [4.69, 9.17) is 9.47 Å². The second-order valence-electron chi connectivity index (χ2n) is 7.51. The number of halogens is 3. The van der Waals surface area contributed by atoms with E-state index in [-0.39, 0.29) is 28.9 Å². The fraction of sp³-hybridized carbons (Fsp3) is 0.611. The van der Waals surface area contributed by atoms with Crippen LogP contribution in [-0.2, 0) is 9.47 Å². The number of likely N-dealkylation sites (tertiary alicyclic amines) is 1. The van der Waals surface area contributed by atoms with Crippen molar-refractivity contribution in [2.24, 2.45) is 0 Å². The molecule has 1 atom stereocenters. The number of amides is 1. The van der Waals surface area contributed by atoms with E-state index in [1.807, 2.05) is 6.07 Å². The summed E-state index contributed by atoms with van der Waals surface area (Å²) in [7, 11) is 0. The third-order valence-electron chi connectivity index (χ3n) is 4.00. The lowest BCUT2D eigenvalue weighted by Gasteiger charge is -2.39. The van der Waals surface area contributed by atoms with Crippen LogP contribution in [0.15, 0.2) is 10.7 Å². The van der Waals surface area contributed by atoms with Gasteiger partial charge in [-0.05, 0) is 43.6 Å². The number of carbonyl (C=O) groups excluding carboxylic acids is 2. The van der Waals surface area contributed by atoms with E-state index >= 15 is 0 Å². The number of hydrogen-bond donors (Lipinski definition) is 0. The number of alkyl halides is 2. The van der Waals surface area contributed by atoms with Crippen LogP contribution in [0.5, 0.6) is 0 Å². The van der Waals surface area contributed by atoms with Gasteiger partial charge in [0.15, 0.2) is 0 Å². The van der Waals surface area contributed by atoms with Crippen LogP contribution in [0.4, 0.5) is 13.6 Å². The molecule has 154 valence electrons. The molecule has 10 heteroatoms. The van der Waals surface area contributed by atoms with E-state index in [0.717, 1.165) is 4.90 Å². The van der Waals surface area contributed by atoms with Gasteiger partial charge in [0.25, 0.3) is 5.92 Å². The Morgan fingerprint density at radius 1 is 1.43 bits per heavy atom. The SMILES string of the molecule is CCOC(=O)c1c(C#N)c(Br)cn1[C@H]1CN(C(=O)OC(C)(C)C)CC(F)(F)C1. The quantitative estimate of drug-likeness (QED) is 0.632. The van der Waals surface area contributed by atoms with Gasteiger partial charge < -0.3 is 18.9 Å². The van der Waals surface area contributed by atoms with Gasteiger partial charge in [0, 0.05) is 19.2 Å². The highest BCUT2D eigenvalue weighted by Crippen LogP contribution is 2.37.